The predicted molar refractivity (Wildman–Crippen MR) is 123 cm³/mol. The monoisotopic (exact) mass is 505 g/mol. The molecule has 2 aromatic rings. The van der Waals surface area contributed by atoms with Gasteiger partial charge in [-0.1, -0.05) is 0 Å². The molecule has 0 spiro atoms. The van der Waals surface area contributed by atoms with Gasteiger partial charge in [-0.3, -0.25) is 9.59 Å². The van der Waals surface area contributed by atoms with Crippen LogP contribution in [0.1, 0.15) is 30.4 Å². The van der Waals surface area contributed by atoms with E-state index in [9.17, 15) is 28.0 Å². The van der Waals surface area contributed by atoms with E-state index in [1.807, 2.05) is 10.00 Å². The molecule has 1 atom stereocenters. The van der Waals surface area contributed by atoms with Crippen molar-refractivity contribution in [2.45, 2.75) is 31.5 Å². The standard InChI is InChI=1S/C23H26F3N7O3/c24-23(25,26)20-18(14-29-30-22(20)35)33-7-2-4-17(33)15-36-12-5-19(34)31-8-10-32(11-9-31)21-16(13-27)3-1-6-28-21/h1,3,6,14,17H,2,4-5,7-12,15H2,(H,30,35). The average Bonchev–Trinajstić information content (AvgIpc) is 3.34. The van der Waals surface area contributed by atoms with Gasteiger partial charge in [-0.15, -0.1) is 0 Å². The third-order valence-electron chi connectivity index (χ3n) is 6.42. The zero-order chi connectivity index (χ0) is 25.7. The Labute approximate surface area is 205 Å². The molecule has 10 nitrogen and oxygen atoms in total. The lowest BCUT2D eigenvalue weighted by Crippen LogP contribution is -2.49. The first kappa shape index (κ1) is 25.4. The third kappa shape index (κ3) is 5.59. The molecule has 2 aromatic heterocycles. The van der Waals surface area contributed by atoms with Crippen molar-refractivity contribution in [3.05, 3.63) is 46.0 Å². The number of nitriles is 1. The number of aromatic amines is 1. The molecule has 0 aromatic carbocycles. The lowest BCUT2D eigenvalue weighted by atomic mass is 10.2. The van der Waals surface area contributed by atoms with Crippen molar-refractivity contribution in [2.24, 2.45) is 0 Å². The first-order valence-electron chi connectivity index (χ1n) is 11.7. The van der Waals surface area contributed by atoms with Crippen LogP contribution in [0.3, 0.4) is 0 Å². The van der Waals surface area contributed by atoms with Crippen molar-refractivity contribution in [3.8, 4) is 6.07 Å². The summed E-state index contributed by atoms with van der Waals surface area (Å²) in [5.74, 6) is 0.540. The summed E-state index contributed by atoms with van der Waals surface area (Å²) in [5, 5.41) is 14.7. The Morgan fingerprint density at radius 2 is 2.03 bits per heavy atom. The van der Waals surface area contributed by atoms with Crippen LogP contribution >= 0.6 is 0 Å². The fourth-order valence-corrected chi connectivity index (χ4v) is 4.65. The maximum absolute atomic E-state index is 13.5. The number of H-pyrrole nitrogens is 1. The highest BCUT2D eigenvalue weighted by molar-refractivity contribution is 5.76. The molecular formula is C23H26F3N7O3. The molecule has 13 heteroatoms. The highest BCUT2D eigenvalue weighted by Crippen LogP contribution is 2.36. The summed E-state index contributed by atoms with van der Waals surface area (Å²) in [5.41, 5.74) is -2.29. The number of piperazine rings is 1. The van der Waals surface area contributed by atoms with Gasteiger partial charge in [0.1, 0.15) is 17.5 Å². The second-order valence-corrected chi connectivity index (χ2v) is 8.63. The van der Waals surface area contributed by atoms with Crippen LogP contribution < -0.4 is 15.4 Å². The van der Waals surface area contributed by atoms with Crippen LogP contribution in [0.2, 0.25) is 0 Å². The van der Waals surface area contributed by atoms with Gasteiger partial charge in [0, 0.05) is 38.9 Å². The summed E-state index contributed by atoms with van der Waals surface area (Å²) < 4.78 is 46.0. The van der Waals surface area contributed by atoms with Crippen molar-refractivity contribution >= 4 is 17.4 Å². The lowest BCUT2D eigenvalue weighted by Gasteiger charge is -2.35. The lowest BCUT2D eigenvalue weighted by molar-refractivity contribution is -0.138. The smallest absolute Gasteiger partial charge is 0.379 e. The molecule has 1 N–H and O–H groups in total. The molecule has 4 rings (SSSR count). The normalized spacial score (nSPS) is 18.4. The van der Waals surface area contributed by atoms with Crippen LogP contribution in [0.25, 0.3) is 0 Å². The number of ether oxygens (including phenoxy) is 1. The summed E-state index contributed by atoms with van der Waals surface area (Å²) >= 11 is 0. The second kappa shape index (κ2) is 10.9. The maximum atomic E-state index is 13.5. The molecule has 0 saturated carbocycles. The average molecular weight is 506 g/mol. The number of carbonyl (C=O) groups excluding carboxylic acids is 1. The van der Waals surface area contributed by atoms with Gasteiger partial charge in [0.2, 0.25) is 5.91 Å². The predicted octanol–water partition coefficient (Wildman–Crippen LogP) is 1.78. The number of carbonyl (C=O) groups is 1. The Morgan fingerprint density at radius 1 is 1.25 bits per heavy atom. The number of nitrogens with zero attached hydrogens (tertiary/aromatic N) is 6. The summed E-state index contributed by atoms with van der Waals surface area (Å²) in [6.07, 6.45) is -0.727. The molecule has 2 aliphatic rings. The minimum Gasteiger partial charge on any atom is -0.379 e. The molecule has 0 radical (unpaired) electrons. The number of alkyl halides is 3. The largest absolute Gasteiger partial charge is 0.423 e. The van der Waals surface area contributed by atoms with Gasteiger partial charge in [-0.2, -0.15) is 23.5 Å². The van der Waals surface area contributed by atoms with E-state index in [1.54, 1.807) is 23.2 Å². The van der Waals surface area contributed by atoms with Crippen LogP contribution in [-0.4, -0.2) is 78.0 Å². The number of nitrogens with one attached hydrogen (secondary N) is 1. The molecular weight excluding hydrogens is 479 g/mol. The number of halogens is 3. The van der Waals surface area contributed by atoms with E-state index in [0.29, 0.717) is 56.9 Å². The Morgan fingerprint density at radius 3 is 2.75 bits per heavy atom. The number of rotatable bonds is 7. The SMILES string of the molecule is N#Cc1cccnc1N1CCN(C(=O)CCOCC2CCCN2c2cn[nH]c(=O)c2C(F)(F)F)CC1. The first-order valence-corrected chi connectivity index (χ1v) is 11.7. The molecule has 0 aliphatic carbocycles. The van der Waals surface area contributed by atoms with Crippen LogP contribution in [0.5, 0.6) is 0 Å². The number of hydrogen-bond donors (Lipinski definition) is 1. The van der Waals surface area contributed by atoms with Crippen molar-refractivity contribution in [1.82, 2.24) is 20.1 Å². The quantitative estimate of drug-likeness (QED) is 0.566. The van der Waals surface area contributed by atoms with Crippen LogP contribution in [0.4, 0.5) is 24.7 Å². The van der Waals surface area contributed by atoms with E-state index in [2.05, 4.69) is 16.2 Å². The Kier molecular flexibility index (Phi) is 7.73. The number of pyridine rings is 1. The molecule has 1 amide bonds. The Bertz CT molecular complexity index is 1170. The minimum atomic E-state index is -4.80. The number of aromatic nitrogens is 3. The van der Waals surface area contributed by atoms with Crippen molar-refractivity contribution in [3.63, 3.8) is 0 Å². The molecule has 2 fully saturated rings. The molecule has 4 heterocycles. The summed E-state index contributed by atoms with van der Waals surface area (Å²) in [4.78, 5) is 33.9. The Balaban J connectivity index is 1.26. The van der Waals surface area contributed by atoms with Crippen LogP contribution in [0, 0.1) is 11.3 Å². The van der Waals surface area contributed by atoms with Gasteiger partial charge >= 0.3 is 6.18 Å². The van der Waals surface area contributed by atoms with Gasteiger partial charge in [0.05, 0.1) is 43.1 Å². The minimum absolute atomic E-state index is 0.0717. The molecule has 0 bridgehead atoms. The fourth-order valence-electron chi connectivity index (χ4n) is 4.65. The van der Waals surface area contributed by atoms with E-state index in [4.69, 9.17) is 4.74 Å². The maximum Gasteiger partial charge on any atom is 0.423 e. The fraction of sp³-hybridized carbons (Fsp3) is 0.522. The van der Waals surface area contributed by atoms with Gasteiger partial charge in [-0.05, 0) is 25.0 Å². The zero-order valence-corrected chi connectivity index (χ0v) is 19.5. The number of anilines is 2. The number of amides is 1. The Hall–Kier alpha value is -3.66. The summed E-state index contributed by atoms with van der Waals surface area (Å²) in [6.45, 7) is 2.74. The van der Waals surface area contributed by atoms with Crippen molar-refractivity contribution in [1.29, 1.82) is 5.26 Å². The van der Waals surface area contributed by atoms with Gasteiger partial charge in [-0.25, -0.2) is 10.1 Å². The molecule has 36 heavy (non-hydrogen) atoms. The zero-order valence-electron chi connectivity index (χ0n) is 19.5. The first-order chi connectivity index (χ1) is 17.3. The van der Waals surface area contributed by atoms with E-state index in [1.165, 1.54) is 4.90 Å². The summed E-state index contributed by atoms with van der Waals surface area (Å²) in [7, 11) is 0. The highest BCUT2D eigenvalue weighted by Gasteiger charge is 2.40. The van der Waals surface area contributed by atoms with E-state index in [0.717, 1.165) is 6.20 Å². The van der Waals surface area contributed by atoms with E-state index >= 15 is 0 Å². The van der Waals surface area contributed by atoms with Crippen molar-refractivity contribution < 1.29 is 22.7 Å². The molecule has 2 saturated heterocycles. The molecule has 192 valence electrons. The van der Waals surface area contributed by atoms with Gasteiger partial charge in [0.25, 0.3) is 5.56 Å². The highest BCUT2D eigenvalue weighted by atomic mass is 19.4. The van der Waals surface area contributed by atoms with Gasteiger partial charge < -0.3 is 19.4 Å². The molecule has 1 unspecified atom stereocenters. The van der Waals surface area contributed by atoms with E-state index in [-0.39, 0.29) is 37.3 Å². The van der Waals surface area contributed by atoms with Crippen LogP contribution in [-0.2, 0) is 15.7 Å². The van der Waals surface area contributed by atoms with Crippen molar-refractivity contribution in [2.75, 3.05) is 55.7 Å². The second-order valence-electron chi connectivity index (χ2n) is 8.63. The topological polar surface area (TPSA) is 118 Å². The number of hydrogen-bond acceptors (Lipinski definition) is 8. The van der Waals surface area contributed by atoms with Crippen LogP contribution in [0.15, 0.2) is 29.3 Å². The third-order valence-corrected chi connectivity index (χ3v) is 6.42. The molecule has 2 aliphatic heterocycles. The summed E-state index contributed by atoms with van der Waals surface area (Å²) in [6, 6.07) is 5.20. The van der Waals surface area contributed by atoms with Gasteiger partial charge in [0.15, 0.2) is 0 Å². The van der Waals surface area contributed by atoms with E-state index < -0.39 is 17.3 Å².